The average Bonchev–Trinajstić information content (AvgIpc) is 2.74. The van der Waals surface area contributed by atoms with Crippen molar-refractivity contribution in [1.82, 2.24) is 9.97 Å². The third kappa shape index (κ3) is 5.19. The normalized spacial score (nSPS) is 15.7. The van der Waals surface area contributed by atoms with Crippen molar-refractivity contribution in [2.24, 2.45) is 0 Å². The minimum absolute atomic E-state index is 0.0554. The van der Waals surface area contributed by atoms with Gasteiger partial charge in [-0.3, -0.25) is 4.79 Å². The first-order valence-corrected chi connectivity index (χ1v) is 11.7. The van der Waals surface area contributed by atoms with E-state index in [4.69, 9.17) is 14.7 Å². The number of ether oxygens (including phenoxy) is 1. The number of carbonyl (C=O) groups excluding carboxylic acids is 1. The molecule has 32 heavy (non-hydrogen) atoms. The number of fused-ring (bicyclic) bond motifs is 1. The maximum Gasteiger partial charge on any atom is 0.237 e. The van der Waals surface area contributed by atoms with Crippen LogP contribution in [0.3, 0.4) is 0 Å². The fourth-order valence-electron chi connectivity index (χ4n) is 3.55. The first-order valence-electron chi connectivity index (χ1n) is 10.9. The van der Waals surface area contributed by atoms with Crippen molar-refractivity contribution < 1.29 is 9.53 Å². The van der Waals surface area contributed by atoms with E-state index in [0.717, 1.165) is 33.1 Å². The number of amides is 1. The van der Waals surface area contributed by atoms with Crippen molar-refractivity contribution in [3.63, 3.8) is 0 Å². The molecule has 1 amide bonds. The quantitative estimate of drug-likeness (QED) is 0.400. The topological polar surface area (TPSA) is 64.1 Å². The number of carbonyl (C=O) groups is 1. The smallest absolute Gasteiger partial charge is 0.237 e. The third-order valence-corrected chi connectivity index (χ3v) is 6.67. The maximum absolute atomic E-state index is 12.9. The van der Waals surface area contributed by atoms with Crippen LogP contribution in [0.25, 0.3) is 11.4 Å². The van der Waals surface area contributed by atoms with E-state index in [-0.39, 0.29) is 16.8 Å². The molecule has 166 valence electrons. The number of aryl methyl sites for hydroxylation is 2. The summed E-state index contributed by atoms with van der Waals surface area (Å²) in [5.41, 5.74) is 5.83. The van der Waals surface area contributed by atoms with Crippen LogP contribution in [0.5, 0.6) is 0 Å². The van der Waals surface area contributed by atoms with Gasteiger partial charge in [-0.25, -0.2) is 9.97 Å². The molecular formula is C26H29N3O2S. The van der Waals surface area contributed by atoms with E-state index in [0.29, 0.717) is 18.9 Å². The molecule has 0 bridgehead atoms. The maximum atomic E-state index is 12.9. The van der Waals surface area contributed by atoms with Gasteiger partial charge in [0.25, 0.3) is 0 Å². The molecule has 1 N–H and O–H groups in total. The Bertz CT molecular complexity index is 1130. The van der Waals surface area contributed by atoms with Gasteiger partial charge in [0.1, 0.15) is 5.03 Å². The fourth-order valence-corrected chi connectivity index (χ4v) is 4.51. The number of nitrogens with one attached hydrogen (secondary N) is 1. The van der Waals surface area contributed by atoms with Gasteiger partial charge in [0, 0.05) is 23.2 Å². The van der Waals surface area contributed by atoms with Crippen LogP contribution in [-0.2, 0) is 22.6 Å². The van der Waals surface area contributed by atoms with Gasteiger partial charge in [-0.2, -0.15) is 0 Å². The summed E-state index contributed by atoms with van der Waals surface area (Å²) in [6.07, 6.45) is 0.710. The van der Waals surface area contributed by atoms with Gasteiger partial charge in [-0.05, 0) is 46.8 Å². The Labute approximate surface area is 194 Å². The summed E-state index contributed by atoms with van der Waals surface area (Å²) in [6.45, 7) is 10.6. The third-order valence-electron chi connectivity index (χ3n) is 5.54. The molecule has 1 atom stereocenters. The second-order valence-corrected chi connectivity index (χ2v) is 10.3. The van der Waals surface area contributed by atoms with Crippen LogP contribution in [0.2, 0.25) is 0 Å². The van der Waals surface area contributed by atoms with Crippen molar-refractivity contribution in [2.75, 3.05) is 5.32 Å². The summed E-state index contributed by atoms with van der Waals surface area (Å²) in [5.74, 6) is 0.634. The molecule has 0 aliphatic carbocycles. The number of rotatable bonds is 5. The Morgan fingerprint density at radius 1 is 1.03 bits per heavy atom. The van der Waals surface area contributed by atoms with Crippen LogP contribution >= 0.6 is 11.8 Å². The Balaban J connectivity index is 1.62. The summed E-state index contributed by atoms with van der Waals surface area (Å²) >= 11 is 1.46. The van der Waals surface area contributed by atoms with E-state index < -0.39 is 0 Å². The number of nitrogens with zero attached hydrogens (tertiary/aromatic N) is 2. The summed E-state index contributed by atoms with van der Waals surface area (Å²) < 4.78 is 6.05. The molecule has 2 aromatic carbocycles. The number of aromatic nitrogens is 2. The van der Waals surface area contributed by atoms with Gasteiger partial charge in [0.2, 0.25) is 5.91 Å². The molecule has 0 saturated heterocycles. The fraction of sp³-hybridized carbons (Fsp3) is 0.346. The molecule has 0 spiro atoms. The van der Waals surface area contributed by atoms with Gasteiger partial charge < -0.3 is 10.1 Å². The molecule has 0 saturated carbocycles. The molecule has 0 radical (unpaired) electrons. The number of benzene rings is 2. The lowest BCUT2D eigenvalue weighted by molar-refractivity contribution is -0.115. The highest BCUT2D eigenvalue weighted by Gasteiger charge is 2.31. The van der Waals surface area contributed by atoms with Crippen LogP contribution in [0.4, 0.5) is 5.69 Å². The molecule has 5 nitrogen and oxygen atoms in total. The Morgan fingerprint density at radius 2 is 1.66 bits per heavy atom. The molecule has 4 rings (SSSR count). The SMILES string of the molecule is Cc1ccc(NC(=O)[C@@H](C)Sc2nc(-c3ccc(C)cc3)nc3c2COC(C)(C)C3)cc1. The highest BCUT2D eigenvalue weighted by Crippen LogP contribution is 2.35. The van der Waals surface area contributed by atoms with E-state index >= 15 is 0 Å². The molecule has 0 unspecified atom stereocenters. The highest BCUT2D eigenvalue weighted by atomic mass is 32.2. The molecule has 1 aliphatic rings. The zero-order chi connectivity index (χ0) is 22.9. The van der Waals surface area contributed by atoms with Crippen molar-refractivity contribution >= 4 is 23.4 Å². The van der Waals surface area contributed by atoms with Crippen LogP contribution < -0.4 is 5.32 Å². The van der Waals surface area contributed by atoms with E-state index in [2.05, 4.69) is 38.2 Å². The summed E-state index contributed by atoms with van der Waals surface area (Å²) in [4.78, 5) is 22.6. The van der Waals surface area contributed by atoms with Gasteiger partial charge >= 0.3 is 0 Å². The highest BCUT2D eigenvalue weighted by molar-refractivity contribution is 8.00. The van der Waals surface area contributed by atoms with E-state index in [1.54, 1.807) is 0 Å². The largest absolute Gasteiger partial charge is 0.370 e. The molecule has 0 fully saturated rings. The van der Waals surface area contributed by atoms with Crippen molar-refractivity contribution in [3.8, 4) is 11.4 Å². The Morgan fingerprint density at radius 3 is 2.31 bits per heavy atom. The molecular weight excluding hydrogens is 418 g/mol. The molecule has 1 aliphatic heterocycles. The predicted molar refractivity (Wildman–Crippen MR) is 130 cm³/mol. The van der Waals surface area contributed by atoms with Gasteiger partial charge in [-0.15, -0.1) is 0 Å². The van der Waals surface area contributed by atoms with Crippen LogP contribution in [0.1, 0.15) is 43.2 Å². The summed E-state index contributed by atoms with van der Waals surface area (Å²) in [7, 11) is 0. The van der Waals surface area contributed by atoms with Crippen LogP contribution in [-0.4, -0.2) is 26.7 Å². The van der Waals surface area contributed by atoms with Crippen molar-refractivity contribution in [1.29, 1.82) is 0 Å². The van der Waals surface area contributed by atoms with Crippen molar-refractivity contribution in [3.05, 3.63) is 70.9 Å². The lowest BCUT2D eigenvalue weighted by atomic mass is 9.96. The number of hydrogen-bond acceptors (Lipinski definition) is 5. The number of anilines is 1. The molecule has 2 heterocycles. The predicted octanol–water partition coefficient (Wildman–Crippen LogP) is 5.73. The van der Waals surface area contributed by atoms with Gasteiger partial charge in [-0.1, -0.05) is 59.3 Å². The second kappa shape index (κ2) is 9.04. The van der Waals surface area contributed by atoms with E-state index in [1.807, 2.05) is 50.2 Å². The van der Waals surface area contributed by atoms with Crippen molar-refractivity contribution in [2.45, 2.75) is 63.5 Å². The van der Waals surface area contributed by atoms with E-state index in [9.17, 15) is 4.79 Å². The monoisotopic (exact) mass is 447 g/mol. The zero-order valence-corrected chi connectivity index (χ0v) is 20.0. The number of thioether (sulfide) groups is 1. The average molecular weight is 448 g/mol. The summed E-state index contributed by atoms with van der Waals surface area (Å²) in [5, 5.41) is 3.49. The minimum atomic E-state index is -0.323. The van der Waals surface area contributed by atoms with Crippen LogP contribution in [0.15, 0.2) is 53.6 Å². The first-order chi connectivity index (χ1) is 15.2. The number of hydrogen-bond donors (Lipinski definition) is 1. The lowest BCUT2D eigenvalue weighted by Gasteiger charge is -2.32. The Kier molecular flexibility index (Phi) is 6.35. The zero-order valence-electron chi connectivity index (χ0n) is 19.2. The van der Waals surface area contributed by atoms with Crippen LogP contribution in [0, 0.1) is 13.8 Å². The first kappa shape index (κ1) is 22.5. The molecule has 1 aromatic heterocycles. The van der Waals surface area contributed by atoms with Gasteiger partial charge in [0.15, 0.2) is 5.82 Å². The second-order valence-electron chi connectivity index (χ2n) is 8.98. The molecule has 6 heteroatoms. The Hall–Kier alpha value is -2.70. The standard InChI is InChI=1S/C26H29N3O2S/c1-16-6-10-19(11-7-16)23-28-22-14-26(4,5)31-15-21(22)25(29-23)32-18(3)24(30)27-20-12-8-17(2)9-13-20/h6-13,18H,14-15H2,1-5H3,(H,27,30)/t18-/m1/s1. The summed E-state index contributed by atoms with van der Waals surface area (Å²) in [6, 6.07) is 16.0. The van der Waals surface area contributed by atoms with Gasteiger partial charge in [0.05, 0.1) is 23.2 Å². The van der Waals surface area contributed by atoms with E-state index in [1.165, 1.54) is 17.3 Å². The lowest BCUT2D eigenvalue weighted by Crippen LogP contribution is -2.33. The molecule has 3 aromatic rings. The minimum Gasteiger partial charge on any atom is -0.370 e.